The number of hydrogen-bond acceptors (Lipinski definition) is 22. The Balaban J connectivity index is 2.57. The summed E-state index contributed by atoms with van der Waals surface area (Å²) >= 11 is 0. The fraction of sp³-hybridized carbons (Fsp3) is 0.643. The maximum atomic E-state index is 14.7. The van der Waals surface area contributed by atoms with Crippen molar-refractivity contribution in [3.8, 4) is 0 Å². The third-order valence-corrected chi connectivity index (χ3v) is 17.4. The minimum absolute atomic E-state index is 0.0249. The number of carboxylic acids is 2. The molecule has 1 aromatic carbocycles. The first-order valence-corrected chi connectivity index (χ1v) is 36.7. The molecule has 14 atom stereocenters. The molecule has 0 aliphatic carbocycles. The molecule has 2 aromatic rings. The molecule has 0 aliphatic rings. The average molecular weight is 1570 g/mol. The number of aromatic nitrogens is 1. The van der Waals surface area contributed by atoms with E-state index < -0.39 is 255 Å². The molecule has 622 valence electrons. The number of para-hydroxylation sites is 1. The number of aromatic amines is 1. The Labute approximate surface area is 642 Å². The van der Waals surface area contributed by atoms with Gasteiger partial charge in [-0.25, -0.2) is 4.79 Å². The lowest BCUT2D eigenvalue weighted by molar-refractivity contribution is -0.143. The lowest BCUT2D eigenvalue weighted by Crippen LogP contribution is -2.63. The van der Waals surface area contributed by atoms with E-state index in [1.807, 2.05) is 0 Å². The van der Waals surface area contributed by atoms with Gasteiger partial charge in [0.05, 0.1) is 25.4 Å². The van der Waals surface area contributed by atoms with Gasteiger partial charge in [-0.1, -0.05) is 80.0 Å². The fourth-order valence-electron chi connectivity index (χ4n) is 11.2. The van der Waals surface area contributed by atoms with Crippen molar-refractivity contribution in [3.05, 3.63) is 36.0 Å². The van der Waals surface area contributed by atoms with Gasteiger partial charge in [0, 0.05) is 49.3 Å². The number of rotatable bonds is 53. The first kappa shape index (κ1) is 96.4. The van der Waals surface area contributed by atoms with E-state index in [0.29, 0.717) is 35.9 Å². The van der Waals surface area contributed by atoms with E-state index in [9.17, 15) is 102 Å². The number of benzene rings is 1. The molecule has 0 aliphatic heterocycles. The lowest BCUT2D eigenvalue weighted by Gasteiger charge is -2.30. The SMILES string of the molecule is CC(C)C[C@H](NC(=O)[C@H](CCC(=O)O)NC(=O)[C@H](CCC(N)=O)NC(=O)[C@H](CC(C)C)NC(=O)[C@@H](NC(=O)[C@@H](N)CCCCN)C(C)C)C(=O)N[C@@H](CO)C(=O)N[C@@H](CCC(N)=O)C(=O)N[C@@H](Cc1c[nH]c2ccccc12)C(=O)N[C@H](C(=O)N[C@H](C(=O)N[C@@H](CCCN=C(N)N)C(=O)N[C@@H](CO)C(=O)O)C(C)C)[C@@H](C)O. The summed E-state index contributed by atoms with van der Waals surface area (Å²) in [5, 5.41) is 80.3. The predicted molar refractivity (Wildman–Crippen MR) is 402 cm³/mol. The van der Waals surface area contributed by atoms with E-state index in [4.69, 9.17) is 34.4 Å². The molecule has 2 rings (SSSR count). The van der Waals surface area contributed by atoms with Gasteiger partial charge in [-0.05, 0) is 107 Å². The lowest BCUT2D eigenvalue weighted by atomic mass is 9.98. The molecular formula is C70H116N20O21. The van der Waals surface area contributed by atoms with Crippen LogP contribution in [-0.2, 0) is 83.1 Å². The molecule has 14 amide bonds. The zero-order valence-corrected chi connectivity index (χ0v) is 64.2. The van der Waals surface area contributed by atoms with Gasteiger partial charge in [0.15, 0.2) is 5.96 Å². The highest BCUT2D eigenvalue weighted by Crippen LogP contribution is 2.21. The summed E-state index contributed by atoms with van der Waals surface area (Å²) in [5.74, 6) is -20.0. The number of primary amides is 2. The van der Waals surface area contributed by atoms with Gasteiger partial charge in [0.2, 0.25) is 82.7 Å². The van der Waals surface area contributed by atoms with Gasteiger partial charge < -0.3 is 129 Å². The highest BCUT2D eigenvalue weighted by Gasteiger charge is 2.40. The van der Waals surface area contributed by atoms with Crippen molar-refractivity contribution in [2.75, 3.05) is 26.3 Å². The van der Waals surface area contributed by atoms with Crippen molar-refractivity contribution >= 4 is 112 Å². The molecule has 1 aromatic heterocycles. The standard InChI is InChI=1S/C70H116N20O21/c1-33(2)27-46(83-61(102)45(21-24-53(96)97)79-59(100)43(19-22-51(73)94)80-62(103)47(28-34(3)4)85-67(108)54(35(5)6)88-57(98)40(72)16-12-13-25-71)63(104)86-49(31-91)65(106)81-44(20-23-52(74)95)60(101)84-48(29-38-30-78-41-17-11-10-15-39(38)41)64(105)90-56(37(9)93)68(109)89-55(36(7)8)66(107)82-42(18-14-26-77-70(75)76)58(99)87-50(32-92)69(110)111/h10-11,15,17,30,33-37,40,42-50,54-56,78,91-93H,12-14,16,18-29,31-32,71-72H2,1-9H3,(H2,73,94)(H2,74,95)(H,79,100)(H,80,103)(H,81,106)(H,82,107)(H,83,102)(H,84,101)(H,85,108)(H,86,104)(H,87,99)(H,88,98)(H,89,109)(H,90,105)(H,96,97)(H,110,111)(H4,75,76,77)/t37-,40+,42+,43+,44+,45+,46+,47+,48+,49+,50+,54+,55+,56+/m1/s1. The number of fused-ring (bicyclic) bond motifs is 1. The van der Waals surface area contributed by atoms with Crippen LogP contribution in [0.5, 0.6) is 0 Å². The van der Waals surface area contributed by atoms with E-state index in [1.165, 1.54) is 20.0 Å². The van der Waals surface area contributed by atoms with Crippen molar-refractivity contribution in [1.82, 2.24) is 68.8 Å². The van der Waals surface area contributed by atoms with E-state index in [1.54, 1.807) is 65.8 Å². The normalized spacial score (nSPS) is 15.1. The summed E-state index contributed by atoms with van der Waals surface area (Å²) in [5.41, 5.74) is 34.4. The molecule has 30 N–H and O–H groups in total. The summed E-state index contributed by atoms with van der Waals surface area (Å²) < 4.78 is 0. The average Bonchev–Trinajstić information content (AvgIpc) is 1.71. The molecular weight excluding hydrogens is 1460 g/mol. The molecule has 0 radical (unpaired) electrons. The smallest absolute Gasteiger partial charge is 0.328 e. The van der Waals surface area contributed by atoms with Gasteiger partial charge in [-0.3, -0.25) is 76.9 Å². The highest BCUT2D eigenvalue weighted by atomic mass is 16.4. The van der Waals surface area contributed by atoms with Crippen molar-refractivity contribution in [3.63, 3.8) is 0 Å². The minimum Gasteiger partial charge on any atom is -0.481 e. The zero-order valence-electron chi connectivity index (χ0n) is 64.2. The van der Waals surface area contributed by atoms with Gasteiger partial charge in [-0.15, -0.1) is 0 Å². The Kier molecular flexibility index (Phi) is 42.4. The van der Waals surface area contributed by atoms with E-state index in [2.05, 4.69) is 73.8 Å². The number of hydrogen-bond donors (Lipinski definition) is 24. The number of amides is 14. The molecule has 0 saturated heterocycles. The Morgan fingerprint density at radius 2 is 0.811 bits per heavy atom. The molecule has 0 unspecified atom stereocenters. The number of aliphatic hydroxyl groups excluding tert-OH is 3. The summed E-state index contributed by atoms with van der Waals surface area (Å²) in [6.07, 6.45) is -3.25. The largest absolute Gasteiger partial charge is 0.481 e. The van der Waals surface area contributed by atoms with Crippen LogP contribution in [0.25, 0.3) is 10.9 Å². The Morgan fingerprint density at radius 1 is 0.432 bits per heavy atom. The number of nitrogens with zero attached hydrogens (tertiary/aromatic N) is 1. The van der Waals surface area contributed by atoms with Crippen LogP contribution in [0.4, 0.5) is 0 Å². The summed E-state index contributed by atoms with van der Waals surface area (Å²) in [7, 11) is 0. The van der Waals surface area contributed by atoms with Crippen molar-refractivity contribution in [1.29, 1.82) is 0 Å². The molecule has 0 spiro atoms. The van der Waals surface area contributed by atoms with Crippen LogP contribution in [0, 0.1) is 23.7 Å². The summed E-state index contributed by atoms with van der Waals surface area (Å²) in [6, 6.07) is -14.3. The maximum absolute atomic E-state index is 14.7. The third kappa shape index (κ3) is 34.9. The molecule has 41 nitrogen and oxygen atoms in total. The number of nitrogens with one attached hydrogen (secondary N) is 13. The molecule has 111 heavy (non-hydrogen) atoms. The quantitative estimate of drug-likeness (QED) is 0.0166. The van der Waals surface area contributed by atoms with Crippen LogP contribution < -0.4 is 98.2 Å². The molecule has 41 heteroatoms. The van der Waals surface area contributed by atoms with Gasteiger partial charge >= 0.3 is 11.9 Å². The first-order valence-electron chi connectivity index (χ1n) is 36.7. The Bertz CT molecular complexity index is 3530. The molecule has 0 saturated carbocycles. The first-order chi connectivity index (χ1) is 52.0. The number of aliphatic imine (C=N–C) groups is 1. The monoisotopic (exact) mass is 1570 g/mol. The van der Waals surface area contributed by atoms with Crippen LogP contribution in [-0.4, -0.2) is 242 Å². The molecule has 1 heterocycles. The number of guanidine groups is 1. The third-order valence-electron chi connectivity index (χ3n) is 17.4. The Hall–Kier alpha value is -10.6. The van der Waals surface area contributed by atoms with Crippen molar-refractivity contribution in [2.45, 2.75) is 237 Å². The van der Waals surface area contributed by atoms with Crippen LogP contribution in [0.2, 0.25) is 0 Å². The summed E-state index contributed by atoms with van der Waals surface area (Å²) in [4.78, 5) is 224. The van der Waals surface area contributed by atoms with Crippen LogP contribution in [0.1, 0.15) is 151 Å². The number of carbonyl (C=O) groups excluding carboxylic acids is 14. The number of aliphatic carboxylic acids is 2. The second kappa shape index (κ2) is 48.8. The number of nitrogens with two attached hydrogens (primary N) is 6. The zero-order chi connectivity index (χ0) is 84.1. The van der Waals surface area contributed by atoms with Crippen molar-refractivity contribution < 1.29 is 102 Å². The van der Waals surface area contributed by atoms with Crippen molar-refractivity contribution in [2.24, 2.45) is 63.1 Å². The van der Waals surface area contributed by atoms with Crippen LogP contribution in [0.3, 0.4) is 0 Å². The number of carbonyl (C=O) groups is 16. The number of aliphatic hydroxyl groups is 3. The molecule has 0 fully saturated rings. The van der Waals surface area contributed by atoms with E-state index >= 15 is 0 Å². The second-order valence-corrected chi connectivity index (χ2v) is 28.5. The van der Waals surface area contributed by atoms with Gasteiger partial charge in [-0.2, -0.15) is 0 Å². The van der Waals surface area contributed by atoms with Crippen LogP contribution >= 0.6 is 0 Å². The minimum atomic E-state index is -1.99. The van der Waals surface area contributed by atoms with E-state index in [0.717, 1.165) is 6.92 Å². The maximum Gasteiger partial charge on any atom is 0.328 e. The van der Waals surface area contributed by atoms with Gasteiger partial charge in [0.1, 0.15) is 72.5 Å². The van der Waals surface area contributed by atoms with E-state index in [-0.39, 0.29) is 50.5 Å². The summed E-state index contributed by atoms with van der Waals surface area (Å²) in [6.45, 7) is 12.2. The fourth-order valence-corrected chi connectivity index (χ4v) is 11.2. The Morgan fingerprint density at radius 3 is 1.24 bits per heavy atom. The highest BCUT2D eigenvalue weighted by molar-refractivity contribution is 6.01. The number of carboxylic acid groups (broad SMARTS) is 2. The molecule has 0 bridgehead atoms. The second-order valence-electron chi connectivity index (χ2n) is 28.5. The van der Waals surface area contributed by atoms with Crippen LogP contribution in [0.15, 0.2) is 35.5 Å². The van der Waals surface area contributed by atoms with Gasteiger partial charge in [0.25, 0.3) is 0 Å². The predicted octanol–water partition coefficient (Wildman–Crippen LogP) is -6.71. The number of unbranched alkanes of at least 4 members (excludes halogenated alkanes) is 1. The topological polar surface area (TPSA) is 703 Å². The number of H-pyrrole nitrogens is 1.